The van der Waals surface area contributed by atoms with Crippen molar-refractivity contribution in [1.82, 2.24) is 9.78 Å². The Bertz CT molecular complexity index is 1790. The molecule has 0 N–H and O–H groups in total. The summed E-state index contributed by atoms with van der Waals surface area (Å²) in [5, 5.41) is 15.5. The summed E-state index contributed by atoms with van der Waals surface area (Å²) in [7, 11) is -4.10. The number of anilines is 1. The summed E-state index contributed by atoms with van der Waals surface area (Å²) in [6.45, 7) is 0.0144. The van der Waals surface area contributed by atoms with Crippen molar-refractivity contribution in [2.24, 2.45) is 0 Å². The number of benzene rings is 4. The molecule has 10 nitrogen and oxygen atoms in total. The Morgan fingerprint density at radius 1 is 0.857 bits per heavy atom. The first-order valence-electron chi connectivity index (χ1n) is 13.0. The fraction of sp³-hybridized carbons (Fsp3) is 0.0968. The van der Waals surface area contributed by atoms with E-state index in [-0.39, 0.29) is 30.2 Å². The molecule has 0 aliphatic heterocycles. The molecule has 0 unspecified atom stereocenters. The first kappa shape index (κ1) is 28.2. The van der Waals surface area contributed by atoms with Gasteiger partial charge in [-0.3, -0.25) is 10.1 Å². The largest absolute Gasteiger partial charge is 0.462 e. The van der Waals surface area contributed by atoms with Crippen LogP contribution in [-0.4, -0.2) is 42.2 Å². The van der Waals surface area contributed by atoms with Crippen molar-refractivity contribution in [2.45, 2.75) is 11.3 Å². The molecule has 0 saturated heterocycles. The summed E-state index contributed by atoms with van der Waals surface area (Å²) < 4.78 is 36.2. The van der Waals surface area contributed by atoms with Crippen molar-refractivity contribution in [1.29, 1.82) is 0 Å². The maximum Gasteiger partial charge on any atom is 0.338 e. The molecule has 1 aromatic heterocycles. The second-order valence-electron chi connectivity index (χ2n) is 9.20. The monoisotopic (exact) mass is 582 g/mol. The minimum atomic E-state index is -4.10. The summed E-state index contributed by atoms with van der Waals surface area (Å²) in [4.78, 5) is 23.1. The molecule has 0 spiro atoms. The van der Waals surface area contributed by atoms with Gasteiger partial charge in [-0.2, -0.15) is 5.10 Å². The van der Waals surface area contributed by atoms with Gasteiger partial charge in [0.1, 0.15) is 5.82 Å². The second-order valence-corrected chi connectivity index (χ2v) is 11.1. The lowest BCUT2D eigenvalue weighted by Gasteiger charge is -2.25. The van der Waals surface area contributed by atoms with Gasteiger partial charge in [-0.05, 0) is 47.5 Å². The third kappa shape index (κ3) is 6.21. The number of hydrogen-bond acceptors (Lipinski definition) is 7. The van der Waals surface area contributed by atoms with Gasteiger partial charge < -0.3 is 4.74 Å². The van der Waals surface area contributed by atoms with Crippen molar-refractivity contribution in [2.75, 3.05) is 17.5 Å². The molecule has 0 atom stereocenters. The number of nitrogens with zero attached hydrogens (tertiary/aromatic N) is 4. The molecule has 1 heterocycles. The first-order valence-corrected chi connectivity index (χ1v) is 14.5. The summed E-state index contributed by atoms with van der Waals surface area (Å²) in [6.07, 6.45) is 1.75. The lowest BCUT2D eigenvalue weighted by molar-refractivity contribution is -0.384. The Labute approximate surface area is 242 Å². The average Bonchev–Trinajstić information content (AvgIpc) is 3.51. The van der Waals surface area contributed by atoms with Crippen LogP contribution in [0.3, 0.4) is 0 Å². The van der Waals surface area contributed by atoms with Gasteiger partial charge in [0.15, 0.2) is 0 Å². The van der Waals surface area contributed by atoms with Crippen LogP contribution in [0.15, 0.2) is 126 Å². The van der Waals surface area contributed by atoms with Gasteiger partial charge in [0.25, 0.3) is 15.7 Å². The summed E-state index contributed by atoms with van der Waals surface area (Å²) in [5.41, 5.74) is 2.25. The number of para-hydroxylation sites is 1. The van der Waals surface area contributed by atoms with E-state index in [1.807, 2.05) is 30.3 Å². The summed E-state index contributed by atoms with van der Waals surface area (Å²) >= 11 is 0. The Morgan fingerprint density at radius 2 is 1.55 bits per heavy atom. The molecule has 42 heavy (non-hydrogen) atoms. The summed E-state index contributed by atoms with van der Waals surface area (Å²) in [5.74, 6) is -0.172. The molecular weight excluding hydrogens is 556 g/mol. The number of nitro groups is 1. The zero-order valence-electron chi connectivity index (χ0n) is 22.3. The van der Waals surface area contributed by atoms with Crippen LogP contribution in [-0.2, 0) is 14.8 Å². The predicted molar refractivity (Wildman–Crippen MR) is 158 cm³/mol. The molecule has 5 rings (SSSR count). The van der Waals surface area contributed by atoms with E-state index in [1.165, 1.54) is 39.4 Å². The Balaban J connectivity index is 1.42. The zero-order chi connectivity index (χ0) is 29.5. The number of ether oxygens (including phenoxy) is 1. The molecule has 5 aromatic rings. The number of esters is 1. The minimum absolute atomic E-state index is 0.00491. The van der Waals surface area contributed by atoms with Crippen LogP contribution >= 0.6 is 0 Å². The van der Waals surface area contributed by atoms with Crippen LogP contribution in [0.25, 0.3) is 16.8 Å². The van der Waals surface area contributed by atoms with Gasteiger partial charge in [-0.25, -0.2) is 22.2 Å². The zero-order valence-corrected chi connectivity index (χ0v) is 23.1. The topological polar surface area (TPSA) is 125 Å². The number of sulfonamides is 1. The van der Waals surface area contributed by atoms with Crippen LogP contribution in [0.2, 0.25) is 0 Å². The molecule has 0 aliphatic carbocycles. The van der Waals surface area contributed by atoms with E-state index in [1.54, 1.807) is 60.7 Å². The molecule has 0 aliphatic rings. The van der Waals surface area contributed by atoms with E-state index in [0.717, 1.165) is 0 Å². The van der Waals surface area contributed by atoms with E-state index in [2.05, 4.69) is 5.10 Å². The smallest absolute Gasteiger partial charge is 0.338 e. The van der Waals surface area contributed by atoms with Gasteiger partial charge in [0.2, 0.25) is 0 Å². The van der Waals surface area contributed by atoms with Crippen molar-refractivity contribution in [3.8, 4) is 16.8 Å². The van der Waals surface area contributed by atoms with E-state index in [4.69, 9.17) is 4.74 Å². The van der Waals surface area contributed by atoms with Crippen LogP contribution < -0.4 is 4.31 Å². The van der Waals surface area contributed by atoms with E-state index < -0.39 is 20.9 Å². The molecule has 0 bridgehead atoms. The molecule has 11 heteroatoms. The fourth-order valence-electron chi connectivity index (χ4n) is 4.39. The van der Waals surface area contributed by atoms with Crippen molar-refractivity contribution in [3.63, 3.8) is 0 Å². The van der Waals surface area contributed by atoms with Gasteiger partial charge in [-0.1, -0.05) is 60.7 Å². The highest BCUT2D eigenvalue weighted by molar-refractivity contribution is 7.92. The number of rotatable bonds is 11. The van der Waals surface area contributed by atoms with Crippen molar-refractivity contribution in [3.05, 3.63) is 137 Å². The summed E-state index contributed by atoms with van der Waals surface area (Å²) in [6, 6.07) is 31.6. The maximum atomic E-state index is 14.0. The van der Waals surface area contributed by atoms with E-state index in [9.17, 15) is 23.3 Å². The van der Waals surface area contributed by atoms with E-state index in [0.29, 0.717) is 28.2 Å². The molecule has 0 fully saturated rings. The van der Waals surface area contributed by atoms with Crippen LogP contribution in [0, 0.1) is 10.1 Å². The minimum Gasteiger partial charge on any atom is -0.462 e. The number of carbonyl (C=O) groups excluding carboxylic acids is 1. The lowest BCUT2D eigenvalue weighted by atomic mass is 10.1. The SMILES string of the molecule is O=C(OCCCN(c1ccnn1-c1ccccc1)S(=O)(=O)c1ccc(-c2cccc([N+](=O)[O-])c2)cc1)c1ccccc1. The van der Waals surface area contributed by atoms with Gasteiger partial charge in [0.05, 0.1) is 33.9 Å². The van der Waals surface area contributed by atoms with Gasteiger partial charge >= 0.3 is 5.97 Å². The Hall–Kier alpha value is -5.29. The molecule has 0 saturated carbocycles. The quantitative estimate of drug-likeness (QED) is 0.0823. The van der Waals surface area contributed by atoms with Crippen LogP contribution in [0.1, 0.15) is 16.8 Å². The standard InChI is InChI=1S/C31H26N4O6S/c36-31(25-9-3-1-4-10-25)41-22-8-21-33(30-19-20-32-34(30)27-12-5-2-6-13-27)42(39,40)29-17-15-24(16-18-29)26-11-7-14-28(23-26)35(37)38/h1-7,9-20,23H,8,21-22H2. The Kier molecular flexibility index (Phi) is 8.39. The normalized spacial score (nSPS) is 11.1. The predicted octanol–water partition coefficient (Wildman–Crippen LogP) is 5.89. The molecule has 0 amide bonds. The fourth-order valence-corrected chi connectivity index (χ4v) is 5.88. The van der Waals surface area contributed by atoms with Crippen molar-refractivity contribution < 1.29 is 22.9 Å². The number of non-ortho nitro benzene ring substituents is 1. The number of carbonyl (C=O) groups is 1. The molecule has 212 valence electrons. The molecule has 0 radical (unpaired) electrons. The molecular formula is C31H26N4O6S. The first-order chi connectivity index (χ1) is 20.3. The average molecular weight is 583 g/mol. The molecule has 4 aromatic carbocycles. The van der Waals surface area contributed by atoms with Crippen LogP contribution in [0.4, 0.5) is 11.5 Å². The highest BCUT2D eigenvalue weighted by atomic mass is 32.2. The highest BCUT2D eigenvalue weighted by Crippen LogP contribution is 2.29. The third-order valence-electron chi connectivity index (χ3n) is 6.46. The number of hydrogen-bond donors (Lipinski definition) is 0. The maximum absolute atomic E-state index is 14.0. The number of nitro benzene ring substituents is 1. The van der Waals surface area contributed by atoms with Crippen molar-refractivity contribution >= 4 is 27.5 Å². The Morgan fingerprint density at radius 3 is 2.24 bits per heavy atom. The van der Waals surface area contributed by atoms with Gasteiger partial charge in [-0.15, -0.1) is 0 Å². The second kappa shape index (κ2) is 12.5. The van der Waals surface area contributed by atoms with Gasteiger partial charge in [0, 0.05) is 31.2 Å². The third-order valence-corrected chi connectivity index (χ3v) is 8.28. The number of aromatic nitrogens is 2. The lowest BCUT2D eigenvalue weighted by Crippen LogP contribution is -2.34. The van der Waals surface area contributed by atoms with Crippen LogP contribution in [0.5, 0.6) is 0 Å². The highest BCUT2D eigenvalue weighted by Gasteiger charge is 2.28. The van der Waals surface area contributed by atoms with E-state index >= 15 is 0 Å².